The van der Waals surface area contributed by atoms with Crippen molar-refractivity contribution in [1.29, 1.82) is 5.26 Å². The highest BCUT2D eigenvalue weighted by Crippen LogP contribution is 2.33. The maximum atomic E-state index is 13.1. The van der Waals surface area contributed by atoms with Crippen LogP contribution in [0, 0.1) is 11.3 Å². The maximum Gasteiger partial charge on any atom is 0.417 e. The van der Waals surface area contributed by atoms with Gasteiger partial charge in [0.1, 0.15) is 5.60 Å². The van der Waals surface area contributed by atoms with Crippen molar-refractivity contribution in [1.82, 2.24) is 9.21 Å². The van der Waals surface area contributed by atoms with Gasteiger partial charge in [0.05, 0.1) is 22.9 Å². The number of piperazine rings is 1. The molecule has 1 aliphatic heterocycles. The lowest BCUT2D eigenvalue weighted by molar-refractivity contribution is -0.138. The SMILES string of the molecule is CCS(=O)(=O)N1CCN(CCCCCC(C)(O)C(=O)Nc2ccc(C#N)c(C(F)(F)F)c2)CC1. The van der Waals surface area contributed by atoms with Gasteiger partial charge in [-0.1, -0.05) is 12.8 Å². The number of nitriles is 1. The Balaban J connectivity index is 1.77. The Bertz CT molecular complexity index is 998. The van der Waals surface area contributed by atoms with Gasteiger partial charge in [0, 0.05) is 31.9 Å². The van der Waals surface area contributed by atoms with Crippen LogP contribution in [0.5, 0.6) is 0 Å². The lowest BCUT2D eigenvalue weighted by atomic mass is 9.97. The van der Waals surface area contributed by atoms with Crippen molar-refractivity contribution in [3.63, 3.8) is 0 Å². The number of carbonyl (C=O) groups is 1. The molecular formula is C22H31F3N4O4S. The summed E-state index contributed by atoms with van der Waals surface area (Å²) in [6.45, 7) is 5.96. The molecule has 0 aromatic heterocycles. The maximum absolute atomic E-state index is 13.1. The van der Waals surface area contributed by atoms with Crippen LogP contribution in [0.4, 0.5) is 18.9 Å². The molecule has 0 aliphatic carbocycles. The van der Waals surface area contributed by atoms with Gasteiger partial charge >= 0.3 is 6.18 Å². The van der Waals surface area contributed by atoms with Gasteiger partial charge in [0.2, 0.25) is 10.0 Å². The summed E-state index contributed by atoms with van der Waals surface area (Å²) in [5.41, 5.74) is -3.63. The number of sulfonamides is 1. The standard InChI is InChI=1S/C22H31F3N4O4S/c1-3-34(32,33)29-13-11-28(12-14-29)10-6-4-5-9-21(2,31)20(30)27-18-8-7-17(16-26)19(15-18)22(23,24)25/h7-8,15,31H,3-6,9-14H2,1-2H3,(H,27,30). The minimum Gasteiger partial charge on any atom is -0.380 e. The Morgan fingerprint density at radius 2 is 1.82 bits per heavy atom. The van der Waals surface area contributed by atoms with Gasteiger partial charge in [-0.25, -0.2) is 8.42 Å². The number of rotatable bonds is 10. The third-order valence-corrected chi connectivity index (χ3v) is 7.80. The van der Waals surface area contributed by atoms with Crippen LogP contribution >= 0.6 is 0 Å². The van der Waals surface area contributed by atoms with Crippen molar-refractivity contribution in [2.45, 2.75) is 51.3 Å². The lowest BCUT2D eigenvalue weighted by Crippen LogP contribution is -2.49. The first-order valence-corrected chi connectivity index (χ1v) is 12.8. The van der Waals surface area contributed by atoms with Gasteiger partial charge in [-0.3, -0.25) is 4.79 Å². The second-order valence-corrected chi connectivity index (χ2v) is 10.8. The summed E-state index contributed by atoms with van der Waals surface area (Å²) in [4.78, 5) is 14.6. The number of alkyl halides is 3. The van der Waals surface area contributed by atoms with Gasteiger partial charge in [-0.05, 0) is 51.4 Å². The summed E-state index contributed by atoms with van der Waals surface area (Å²) in [5, 5.41) is 21.6. The van der Waals surface area contributed by atoms with E-state index in [1.165, 1.54) is 23.4 Å². The molecule has 1 amide bonds. The largest absolute Gasteiger partial charge is 0.417 e. The molecule has 1 atom stereocenters. The molecule has 190 valence electrons. The summed E-state index contributed by atoms with van der Waals surface area (Å²) in [5.74, 6) is -0.728. The number of aliphatic hydroxyl groups is 1. The Morgan fingerprint density at radius 3 is 2.38 bits per heavy atom. The number of hydrogen-bond acceptors (Lipinski definition) is 6. The van der Waals surface area contributed by atoms with E-state index in [9.17, 15) is 31.5 Å². The number of halogens is 3. The molecule has 8 nitrogen and oxygen atoms in total. The molecule has 1 aliphatic rings. The average molecular weight is 505 g/mol. The summed E-state index contributed by atoms with van der Waals surface area (Å²) in [6.07, 6.45) is -2.55. The fraction of sp³-hybridized carbons (Fsp3) is 0.636. The summed E-state index contributed by atoms with van der Waals surface area (Å²) in [7, 11) is -3.16. The second-order valence-electron chi connectivity index (χ2n) is 8.55. The Kier molecular flexibility index (Phi) is 9.47. The number of carbonyl (C=O) groups excluding carboxylic acids is 1. The van der Waals surface area contributed by atoms with Crippen molar-refractivity contribution >= 4 is 21.6 Å². The van der Waals surface area contributed by atoms with Crippen LogP contribution < -0.4 is 5.32 Å². The molecule has 1 heterocycles. The topological polar surface area (TPSA) is 114 Å². The summed E-state index contributed by atoms with van der Waals surface area (Å²) >= 11 is 0. The van der Waals surface area contributed by atoms with Gasteiger partial charge in [-0.15, -0.1) is 0 Å². The van der Waals surface area contributed by atoms with E-state index >= 15 is 0 Å². The predicted octanol–water partition coefficient (Wildman–Crippen LogP) is 2.79. The number of nitrogens with zero attached hydrogens (tertiary/aromatic N) is 3. The summed E-state index contributed by atoms with van der Waals surface area (Å²) in [6, 6.07) is 4.32. The van der Waals surface area contributed by atoms with E-state index in [1.54, 1.807) is 6.92 Å². The molecule has 1 saturated heterocycles. The molecule has 1 fully saturated rings. The van der Waals surface area contributed by atoms with E-state index in [-0.39, 0.29) is 17.9 Å². The Morgan fingerprint density at radius 1 is 1.18 bits per heavy atom. The van der Waals surface area contributed by atoms with Crippen LogP contribution in [0.15, 0.2) is 18.2 Å². The van der Waals surface area contributed by atoms with Gasteiger partial charge in [0.25, 0.3) is 5.91 Å². The predicted molar refractivity (Wildman–Crippen MR) is 121 cm³/mol. The zero-order valence-electron chi connectivity index (χ0n) is 19.4. The summed E-state index contributed by atoms with van der Waals surface area (Å²) < 4.78 is 64.6. The van der Waals surface area contributed by atoms with E-state index in [1.807, 2.05) is 0 Å². The third-order valence-electron chi connectivity index (χ3n) is 5.92. The zero-order chi connectivity index (χ0) is 25.6. The van der Waals surface area contributed by atoms with E-state index in [2.05, 4.69) is 10.2 Å². The molecule has 2 rings (SSSR count). The molecule has 2 N–H and O–H groups in total. The van der Waals surface area contributed by atoms with Gasteiger partial charge in [-0.2, -0.15) is 22.7 Å². The zero-order valence-corrected chi connectivity index (χ0v) is 20.2. The van der Waals surface area contributed by atoms with Crippen molar-refractivity contribution in [2.24, 2.45) is 0 Å². The third kappa shape index (κ3) is 7.66. The van der Waals surface area contributed by atoms with Crippen LogP contribution in [0.25, 0.3) is 0 Å². The quantitative estimate of drug-likeness (QED) is 0.474. The Labute approximate surface area is 198 Å². The lowest BCUT2D eigenvalue weighted by Gasteiger charge is -2.33. The van der Waals surface area contributed by atoms with Gasteiger partial charge in [0.15, 0.2) is 0 Å². The monoisotopic (exact) mass is 504 g/mol. The highest BCUT2D eigenvalue weighted by atomic mass is 32.2. The first-order chi connectivity index (χ1) is 15.8. The number of hydrogen-bond donors (Lipinski definition) is 2. The van der Waals surface area contributed by atoms with Gasteiger partial charge < -0.3 is 15.3 Å². The molecule has 0 saturated carbocycles. The van der Waals surface area contributed by atoms with Crippen LogP contribution in [-0.4, -0.2) is 72.7 Å². The molecule has 34 heavy (non-hydrogen) atoms. The van der Waals surface area contributed by atoms with Crippen molar-refractivity contribution < 1.29 is 31.5 Å². The van der Waals surface area contributed by atoms with Crippen LogP contribution in [-0.2, 0) is 21.0 Å². The van der Waals surface area contributed by atoms with Crippen molar-refractivity contribution in [2.75, 3.05) is 43.8 Å². The van der Waals surface area contributed by atoms with E-state index < -0.39 is 38.8 Å². The van der Waals surface area contributed by atoms with E-state index in [0.29, 0.717) is 38.7 Å². The smallest absolute Gasteiger partial charge is 0.380 e. The molecular weight excluding hydrogens is 473 g/mol. The normalized spacial score (nSPS) is 17.7. The first kappa shape index (κ1) is 28.0. The molecule has 12 heteroatoms. The Hall–Kier alpha value is -2.20. The fourth-order valence-corrected chi connectivity index (χ4v) is 4.81. The van der Waals surface area contributed by atoms with Crippen LogP contribution in [0.2, 0.25) is 0 Å². The molecule has 1 aromatic carbocycles. The fourth-order valence-electron chi connectivity index (χ4n) is 3.73. The van der Waals surface area contributed by atoms with E-state index in [0.717, 1.165) is 25.5 Å². The number of benzene rings is 1. The average Bonchev–Trinajstić information content (AvgIpc) is 2.78. The van der Waals surface area contributed by atoms with Crippen LogP contribution in [0.3, 0.4) is 0 Å². The second kappa shape index (κ2) is 11.5. The molecule has 1 unspecified atom stereocenters. The highest BCUT2D eigenvalue weighted by Gasteiger charge is 2.35. The molecule has 0 radical (unpaired) electrons. The number of nitrogens with one attached hydrogen (secondary N) is 1. The van der Waals surface area contributed by atoms with Crippen molar-refractivity contribution in [3.05, 3.63) is 29.3 Å². The molecule has 0 spiro atoms. The number of anilines is 1. The van der Waals surface area contributed by atoms with E-state index in [4.69, 9.17) is 5.26 Å². The minimum absolute atomic E-state index is 0.0924. The number of unbranched alkanes of at least 4 members (excludes halogenated alkanes) is 2. The van der Waals surface area contributed by atoms with Crippen molar-refractivity contribution in [3.8, 4) is 6.07 Å². The number of amides is 1. The highest BCUT2D eigenvalue weighted by molar-refractivity contribution is 7.89. The minimum atomic E-state index is -4.74. The molecule has 1 aromatic rings. The van der Waals surface area contributed by atoms with Crippen LogP contribution in [0.1, 0.15) is 50.7 Å². The first-order valence-electron chi connectivity index (χ1n) is 11.2. The molecule has 0 bridgehead atoms.